The molecule has 230 valence electrons. The third-order valence-corrected chi connectivity index (χ3v) is 10.5. The maximum atomic E-state index is 15.0. The number of piperidine rings is 1. The van der Waals surface area contributed by atoms with Crippen molar-refractivity contribution < 1.29 is 31.5 Å². The molecular weight excluding hydrogens is 565 g/mol. The Bertz CT molecular complexity index is 1340. The summed E-state index contributed by atoms with van der Waals surface area (Å²) < 4.78 is 67.4. The molecule has 1 saturated carbocycles. The molecular formula is C32H41F3N2O4S. The number of carboxylic acids is 1. The molecule has 0 bridgehead atoms. The van der Waals surface area contributed by atoms with Gasteiger partial charge >= 0.3 is 5.97 Å². The van der Waals surface area contributed by atoms with E-state index >= 15 is 0 Å². The number of halogens is 3. The normalized spacial score (nSPS) is 23.7. The van der Waals surface area contributed by atoms with Crippen LogP contribution in [0.2, 0.25) is 0 Å². The minimum Gasteiger partial charge on any atom is -0.480 e. The standard InChI is InChI=1S/C32H41F3N2O4S/c1-42(40,41)28-9-7-23(8-10-28)17-32(34,35)18-24-11-13-36(14-12-24)19-26-20-37(30(31(38)39)15-22-5-6-22)21-29(26)25-3-2-4-27(33)16-25/h2-4,7-10,16,22,24,26,29-30H,5-6,11-15,17-21H2,1H3,(H,38,39)/t26-,29+,30+/m0/s1. The second-order valence-electron chi connectivity index (χ2n) is 12.8. The lowest BCUT2D eigenvalue weighted by Crippen LogP contribution is -2.42. The van der Waals surface area contributed by atoms with Gasteiger partial charge in [0.15, 0.2) is 9.84 Å². The van der Waals surface area contributed by atoms with E-state index in [0.29, 0.717) is 56.9 Å². The Labute approximate surface area is 246 Å². The van der Waals surface area contributed by atoms with Crippen LogP contribution in [0, 0.1) is 23.6 Å². The Balaban J connectivity index is 1.18. The zero-order valence-corrected chi connectivity index (χ0v) is 24.9. The van der Waals surface area contributed by atoms with E-state index in [9.17, 15) is 31.5 Å². The Morgan fingerprint density at radius 2 is 1.71 bits per heavy atom. The second kappa shape index (κ2) is 12.7. The molecule has 3 fully saturated rings. The molecule has 2 aromatic carbocycles. The van der Waals surface area contributed by atoms with Crippen LogP contribution < -0.4 is 0 Å². The molecule has 5 rings (SSSR count). The summed E-state index contributed by atoms with van der Waals surface area (Å²) in [5.41, 5.74) is 1.30. The highest BCUT2D eigenvalue weighted by molar-refractivity contribution is 7.90. The summed E-state index contributed by atoms with van der Waals surface area (Å²) >= 11 is 0. The molecule has 1 N–H and O–H groups in total. The van der Waals surface area contributed by atoms with Gasteiger partial charge in [-0.25, -0.2) is 21.6 Å². The number of hydrogen-bond acceptors (Lipinski definition) is 5. The van der Waals surface area contributed by atoms with Crippen LogP contribution in [-0.4, -0.2) is 80.2 Å². The Hall–Kier alpha value is -2.43. The van der Waals surface area contributed by atoms with E-state index < -0.39 is 34.2 Å². The van der Waals surface area contributed by atoms with Crippen LogP contribution in [0.3, 0.4) is 0 Å². The van der Waals surface area contributed by atoms with Crippen LogP contribution in [0.4, 0.5) is 13.2 Å². The van der Waals surface area contributed by atoms with E-state index in [0.717, 1.165) is 31.2 Å². The Morgan fingerprint density at radius 3 is 2.31 bits per heavy atom. The minimum absolute atomic E-state index is 0.0119. The maximum Gasteiger partial charge on any atom is 0.320 e. The van der Waals surface area contributed by atoms with E-state index in [1.807, 2.05) is 6.07 Å². The predicted octanol–water partition coefficient (Wildman–Crippen LogP) is 5.48. The number of hydrogen-bond donors (Lipinski definition) is 1. The maximum absolute atomic E-state index is 15.0. The fourth-order valence-electron chi connectivity index (χ4n) is 6.89. The topological polar surface area (TPSA) is 77.9 Å². The van der Waals surface area contributed by atoms with Crippen molar-refractivity contribution in [1.82, 2.24) is 9.80 Å². The van der Waals surface area contributed by atoms with Gasteiger partial charge in [0.05, 0.1) is 4.90 Å². The van der Waals surface area contributed by atoms with Crippen molar-refractivity contribution >= 4 is 15.8 Å². The molecule has 0 spiro atoms. The van der Waals surface area contributed by atoms with Gasteiger partial charge in [-0.15, -0.1) is 0 Å². The van der Waals surface area contributed by atoms with Gasteiger partial charge in [-0.3, -0.25) is 9.69 Å². The van der Waals surface area contributed by atoms with Crippen molar-refractivity contribution in [3.63, 3.8) is 0 Å². The lowest BCUT2D eigenvalue weighted by molar-refractivity contribution is -0.143. The molecule has 2 aliphatic heterocycles. The monoisotopic (exact) mass is 606 g/mol. The SMILES string of the molecule is CS(=O)(=O)c1ccc(CC(F)(F)CC2CCN(C[C@H]3CN([C@H](CC4CC4)C(=O)O)C[C@@H]3c3cccc(F)c3)CC2)cc1. The van der Waals surface area contributed by atoms with Crippen LogP contribution in [0.5, 0.6) is 0 Å². The predicted molar refractivity (Wildman–Crippen MR) is 155 cm³/mol. The summed E-state index contributed by atoms with van der Waals surface area (Å²) in [7, 11) is -3.37. The van der Waals surface area contributed by atoms with E-state index in [2.05, 4.69) is 9.80 Å². The molecule has 0 unspecified atom stereocenters. The van der Waals surface area contributed by atoms with Crippen LogP contribution in [0.1, 0.15) is 55.6 Å². The fourth-order valence-corrected chi connectivity index (χ4v) is 7.52. The summed E-state index contributed by atoms with van der Waals surface area (Å²) in [4.78, 5) is 16.7. The summed E-state index contributed by atoms with van der Waals surface area (Å²) in [6, 6.07) is 11.8. The van der Waals surface area contributed by atoms with Crippen molar-refractivity contribution in [3.05, 3.63) is 65.5 Å². The Morgan fingerprint density at radius 1 is 1.02 bits per heavy atom. The number of rotatable bonds is 12. The van der Waals surface area contributed by atoms with E-state index in [1.54, 1.807) is 12.1 Å². The van der Waals surface area contributed by atoms with Gasteiger partial charge in [-0.2, -0.15) is 0 Å². The first-order valence-corrected chi connectivity index (χ1v) is 16.9. The van der Waals surface area contributed by atoms with Crippen molar-refractivity contribution in [2.75, 3.05) is 39.0 Å². The summed E-state index contributed by atoms with van der Waals surface area (Å²) in [5.74, 6) is -3.48. The van der Waals surface area contributed by atoms with Crippen molar-refractivity contribution in [1.29, 1.82) is 0 Å². The number of carboxylic acid groups (broad SMARTS) is 1. The first-order chi connectivity index (χ1) is 19.9. The van der Waals surface area contributed by atoms with Gasteiger partial charge in [-0.05, 0) is 85.5 Å². The highest BCUT2D eigenvalue weighted by Gasteiger charge is 2.42. The Kier molecular flexibility index (Phi) is 9.35. The first kappa shape index (κ1) is 31.0. The number of benzene rings is 2. The lowest BCUT2D eigenvalue weighted by atomic mass is 9.86. The second-order valence-corrected chi connectivity index (χ2v) is 14.8. The van der Waals surface area contributed by atoms with Crippen molar-refractivity contribution in [3.8, 4) is 0 Å². The molecule has 42 heavy (non-hydrogen) atoms. The van der Waals surface area contributed by atoms with Gasteiger partial charge in [0.2, 0.25) is 0 Å². The highest BCUT2D eigenvalue weighted by atomic mass is 32.2. The number of carbonyl (C=O) groups is 1. The number of sulfone groups is 1. The third kappa shape index (κ3) is 8.14. The van der Waals surface area contributed by atoms with E-state index in [1.165, 1.54) is 30.3 Å². The number of nitrogens with zero attached hydrogens (tertiary/aromatic N) is 2. The lowest BCUT2D eigenvalue weighted by Gasteiger charge is -2.36. The molecule has 2 saturated heterocycles. The summed E-state index contributed by atoms with van der Waals surface area (Å²) in [5, 5.41) is 9.98. The van der Waals surface area contributed by atoms with E-state index in [-0.39, 0.29) is 34.9 Å². The average Bonchev–Trinajstić information content (AvgIpc) is 3.65. The number of alkyl halides is 2. The zero-order chi connectivity index (χ0) is 30.1. The van der Waals surface area contributed by atoms with Gasteiger partial charge in [-0.1, -0.05) is 37.1 Å². The number of aliphatic carboxylic acids is 1. The van der Waals surface area contributed by atoms with Crippen molar-refractivity contribution in [2.24, 2.45) is 17.8 Å². The van der Waals surface area contributed by atoms with Crippen LogP contribution >= 0.6 is 0 Å². The largest absolute Gasteiger partial charge is 0.480 e. The molecule has 0 aromatic heterocycles. The summed E-state index contributed by atoms with van der Waals surface area (Å²) in [6.07, 6.45) is 4.59. The van der Waals surface area contributed by atoms with Gasteiger partial charge < -0.3 is 10.0 Å². The molecule has 0 amide bonds. The molecule has 2 aromatic rings. The van der Waals surface area contributed by atoms with Crippen LogP contribution in [-0.2, 0) is 21.1 Å². The zero-order valence-electron chi connectivity index (χ0n) is 24.1. The van der Waals surface area contributed by atoms with Crippen molar-refractivity contribution in [2.45, 2.75) is 67.7 Å². The van der Waals surface area contributed by atoms with Gasteiger partial charge in [0, 0.05) is 44.6 Å². The van der Waals surface area contributed by atoms with Gasteiger partial charge in [0.25, 0.3) is 5.92 Å². The fraction of sp³-hybridized carbons (Fsp3) is 0.594. The van der Waals surface area contributed by atoms with Gasteiger partial charge in [0.1, 0.15) is 11.9 Å². The third-order valence-electron chi connectivity index (χ3n) is 9.33. The quantitative estimate of drug-likeness (QED) is 0.345. The summed E-state index contributed by atoms with van der Waals surface area (Å²) in [6.45, 7) is 3.32. The molecule has 10 heteroatoms. The molecule has 6 nitrogen and oxygen atoms in total. The smallest absolute Gasteiger partial charge is 0.320 e. The van der Waals surface area contributed by atoms with Crippen LogP contribution in [0.15, 0.2) is 53.4 Å². The molecule has 2 heterocycles. The molecule has 1 aliphatic carbocycles. The molecule has 0 radical (unpaired) electrons. The van der Waals surface area contributed by atoms with Crippen LogP contribution in [0.25, 0.3) is 0 Å². The average molecular weight is 607 g/mol. The molecule has 3 aliphatic rings. The molecule has 3 atom stereocenters. The highest BCUT2D eigenvalue weighted by Crippen LogP contribution is 2.40. The van der Waals surface area contributed by atoms with E-state index in [4.69, 9.17) is 0 Å². The minimum atomic E-state index is -3.37. The number of likely N-dealkylation sites (tertiary alicyclic amines) is 2. The first-order valence-electron chi connectivity index (χ1n) is 15.0.